The Morgan fingerprint density at radius 2 is 1.65 bits per heavy atom. The summed E-state index contributed by atoms with van der Waals surface area (Å²) < 4.78 is 33.8. The van der Waals surface area contributed by atoms with Gasteiger partial charge in [-0.2, -0.15) is 0 Å². The van der Waals surface area contributed by atoms with Crippen molar-refractivity contribution < 1.29 is 17.9 Å². The molecule has 0 atom stereocenters. The molecule has 1 N–H and O–H groups in total. The standard InChI is InChI=1S/C29H35N3O4S/c1-3-36-27-13-11-26(12-14-27)32(37(34,35)28-15-9-23(2)10-16-28)22-29(33)30-20-24-7-6-8-25(19-24)21-31-17-4-5-18-31/h6-16,19H,3-5,17-18,20-22H2,1-2H3,(H,30,33). The topological polar surface area (TPSA) is 79.0 Å². The predicted molar refractivity (Wildman–Crippen MR) is 146 cm³/mol. The van der Waals surface area contributed by atoms with Gasteiger partial charge in [0.2, 0.25) is 5.91 Å². The van der Waals surface area contributed by atoms with E-state index in [9.17, 15) is 13.2 Å². The van der Waals surface area contributed by atoms with Gasteiger partial charge < -0.3 is 10.1 Å². The van der Waals surface area contributed by atoms with Crippen molar-refractivity contribution in [2.75, 3.05) is 30.5 Å². The zero-order valence-electron chi connectivity index (χ0n) is 21.5. The lowest BCUT2D eigenvalue weighted by atomic mass is 10.1. The molecule has 0 bridgehead atoms. The van der Waals surface area contributed by atoms with E-state index in [0.29, 0.717) is 24.6 Å². The minimum absolute atomic E-state index is 0.134. The summed E-state index contributed by atoms with van der Waals surface area (Å²) in [5.74, 6) is 0.256. The van der Waals surface area contributed by atoms with Crippen molar-refractivity contribution in [3.05, 3.63) is 89.5 Å². The third-order valence-electron chi connectivity index (χ3n) is 6.42. The van der Waals surface area contributed by atoms with Crippen LogP contribution >= 0.6 is 0 Å². The number of ether oxygens (including phenoxy) is 1. The smallest absolute Gasteiger partial charge is 0.264 e. The molecule has 0 aliphatic carbocycles. The maximum Gasteiger partial charge on any atom is 0.264 e. The molecule has 0 saturated carbocycles. The Kier molecular flexibility index (Phi) is 8.84. The summed E-state index contributed by atoms with van der Waals surface area (Å²) in [6.45, 7) is 7.43. The lowest BCUT2D eigenvalue weighted by Crippen LogP contribution is -2.40. The van der Waals surface area contributed by atoms with E-state index in [4.69, 9.17) is 4.74 Å². The average Bonchev–Trinajstić information content (AvgIpc) is 3.40. The molecule has 0 unspecified atom stereocenters. The van der Waals surface area contributed by atoms with Crippen LogP contribution in [0.15, 0.2) is 77.7 Å². The number of rotatable bonds is 11. The van der Waals surface area contributed by atoms with Gasteiger partial charge in [0.1, 0.15) is 12.3 Å². The quantitative estimate of drug-likeness (QED) is 0.402. The lowest BCUT2D eigenvalue weighted by molar-refractivity contribution is -0.119. The highest BCUT2D eigenvalue weighted by Gasteiger charge is 2.27. The van der Waals surface area contributed by atoms with Gasteiger partial charge in [0.05, 0.1) is 17.2 Å². The van der Waals surface area contributed by atoms with Crippen molar-refractivity contribution in [3.8, 4) is 5.75 Å². The Morgan fingerprint density at radius 3 is 2.32 bits per heavy atom. The summed E-state index contributed by atoms with van der Waals surface area (Å²) in [6, 6.07) is 21.5. The highest BCUT2D eigenvalue weighted by molar-refractivity contribution is 7.92. The van der Waals surface area contributed by atoms with Crippen molar-refractivity contribution in [2.24, 2.45) is 0 Å². The summed E-state index contributed by atoms with van der Waals surface area (Å²) in [4.78, 5) is 15.6. The maximum atomic E-state index is 13.6. The van der Waals surface area contributed by atoms with E-state index >= 15 is 0 Å². The first-order valence-electron chi connectivity index (χ1n) is 12.7. The minimum Gasteiger partial charge on any atom is -0.494 e. The number of amides is 1. The van der Waals surface area contributed by atoms with Crippen LogP contribution in [0.2, 0.25) is 0 Å². The number of sulfonamides is 1. The van der Waals surface area contributed by atoms with Gasteiger partial charge in [0.25, 0.3) is 10.0 Å². The zero-order chi connectivity index (χ0) is 26.3. The molecule has 0 aromatic heterocycles. The van der Waals surface area contributed by atoms with Crippen LogP contribution in [-0.2, 0) is 27.9 Å². The molecule has 4 rings (SSSR count). The molecule has 1 aliphatic heterocycles. The Balaban J connectivity index is 1.49. The van der Waals surface area contributed by atoms with Gasteiger partial charge in [-0.3, -0.25) is 14.0 Å². The first-order chi connectivity index (χ1) is 17.8. The fourth-order valence-corrected chi connectivity index (χ4v) is 5.87. The molecule has 7 nitrogen and oxygen atoms in total. The Morgan fingerprint density at radius 1 is 0.973 bits per heavy atom. The van der Waals surface area contributed by atoms with E-state index in [1.807, 2.05) is 26.0 Å². The van der Waals surface area contributed by atoms with Gasteiger partial charge in [0.15, 0.2) is 0 Å². The number of anilines is 1. The Hall–Kier alpha value is -3.36. The van der Waals surface area contributed by atoms with E-state index in [1.165, 1.54) is 18.4 Å². The Labute approximate surface area is 220 Å². The molecule has 196 valence electrons. The first-order valence-corrected chi connectivity index (χ1v) is 14.2. The van der Waals surface area contributed by atoms with Crippen LogP contribution in [0.3, 0.4) is 0 Å². The van der Waals surface area contributed by atoms with Crippen LogP contribution in [0.5, 0.6) is 5.75 Å². The molecular formula is C29H35N3O4S. The molecule has 1 fully saturated rings. The second-order valence-corrected chi connectivity index (χ2v) is 11.2. The van der Waals surface area contributed by atoms with Crippen molar-refractivity contribution >= 4 is 21.6 Å². The largest absolute Gasteiger partial charge is 0.494 e. The molecule has 1 aliphatic rings. The van der Waals surface area contributed by atoms with Gasteiger partial charge in [0, 0.05) is 13.1 Å². The minimum atomic E-state index is -3.97. The average molecular weight is 522 g/mol. The molecule has 0 spiro atoms. The van der Waals surface area contributed by atoms with E-state index in [1.54, 1.807) is 48.5 Å². The molecule has 3 aromatic rings. The fraction of sp³-hybridized carbons (Fsp3) is 0.345. The van der Waals surface area contributed by atoms with Crippen LogP contribution in [0.25, 0.3) is 0 Å². The molecule has 1 heterocycles. The number of hydrogen-bond donors (Lipinski definition) is 1. The van der Waals surface area contributed by atoms with Crippen molar-refractivity contribution in [2.45, 2.75) is 44.7 Å². The number of aryl methyl sites for hydroxylation is 1. The Bertz CT molecular complexity index is 1290. The molecule has 1 saturated heterocycles. The fourth-order valence-electron chi connectivity index (χ4n) is 4.45. The van der Waals surface area contributed by atoms with E-state index in [-0.39, 0.29) is 17.3 Å². The molecule has 1 amide bonds. The van der Waals surface area contributed by atoms with Crippen LogP contribution in [-0.4, -0.2) is 45.5 Å². The SMILES string of the molecule is CCOc1ccc(N(CC(=O)NCc2cccc(CN3CCCC3)c2)S(=O)(=O)c2ccc(C)cc2)cc1. The number of nitrogens with zero attached hydrogens (tertiary/aromatic N) is 2. The number of nitrogens with one attached hydrogen (secondary N) is 1. The number of hydrogen-bond acceptors (Lipinski definition) is 5. The molecule has 37 heavy (non-hydrogen) atoms. The van der Waals surface area contributed by atoms with Gasteiger partial charge >= 0.3 is 0 Å². The van der Waals surface area contributed by atoms with Crippen molar-refractivity contribution in [1.29, 1.82) is 0 Å². The third kappa shape index (κ3) is 7.11. The molecule has 8 heteroatoms. The third-order valence-corrected chi connectivity index (χ3v) is 8.21. The summed E-state index contributed by atoms with van der Waals surface area (Å²) in [7, 11) is -3.97. The maximum absolute atomic E-state index is 13.6. The summed E-state index contributed by atoms with van der Waals surface area (Å²) in [5, 5.41) is 2.90. The summed E-state index contributed by atoms with van der Waals surface area (Å²) in [5.41, 5.74) is 3.55. The monoisotopic (exact) mass is 521 g/mol. The first kappa shape index (κ1) is 26.7. The van der Waals surface area contributed by atoms with E-state index < -0.39 is 10.0 Å². The normalized spacial score (nSPS) is 13.9. The highest BCUT2D eigenvalue weighted by atomic mass is 32.2. The van der Waals surface area contributed by atoms with Crippen LogP contribution in [0.4, 0.5) is 5.69 Å². The summed E-state index contributed by atoms with van der Waals surface area (Å²) >= 11 is 0. The second-order valence-electron chi connectivity index (χ2n) is 9.33. The molecule has 3 aromatic carbocycles. The van der Waals surface area contributed by atoms with Gasteiger partial charge in [-0.15, -0.1) is 0 Å². The van der Waals surface area contributed by atoms with Crippen LogP contribution in [0, 0.1) is 6.92 Å². The van der Waals surface area contributed by atoms with E-state index in [2.05, 4.69) is 22.3 Å². The van der Waals surface area contributed by atoms with Gasteiger partial charge in [-0.25, -0.2) is 8.42 Å². The molecular weight excluding hydrogens is 486 g/mol. The highest BCUT2D eigenvalue weighted by Crippen LogP contribution is 2.26. The number of benzene rings is 3. The number of likely N-dealkylation sites (tertiary alicyclic amines) is 1. The lowest BCUT2D eigenvalue weighted by Gasteiger charge is -2.24. The van der Waals surface area contributed by atoms with Gasteiger partial charge in [-0.05, 0) is 87.3 Å². The number of carbonyl (C=O) groups excluding carboxylic acids is 1. The zero-order valence-corrected chi connectivity index (χ0v) is 22.3. The van der Waals surface area contributed by atoms with E-state index in [0.717, 1.165) is 35.1 Å². The molecule has 0 radical (unpaired) electrons. The number of carbonyl (C=O) groups is 1. The second kappa shape index (κ2) is 12.3. The summed E-state index contributed by atoms with van der Waals surface area (Å²) in [6.07, 6.45) is 2.48. The predicted octanol–water partition coefficient (Wildman–Crippen LogP) is 4.50. The van der Waals surface area contributed by atoms with Crippen molar-refractivity contribution in [3.63, 3.8) is 0 Å². The van der Waals surface area contributed by atoms with Crippen LogP contribution in [0.1, 0.15) is 36.5 Å². The van der Waals surface area contributed by atoms with Crippen LogP contribution < -0.4 is 14.4 Å². The van der Waals surface area contributed by atoms with Crippen molar-refractivity contribution in [1.82, 2.24) is 10.2 Å². The van der Waals surface area contributed by atoms with Gasteiger partial charge in [-0.1, -0.05) is 42.0 Å².